The highest BCUT2D eigenvalue weighted by atomic mass is 32.2. The van der Waals surface area contributed by atoms with Gasteiger partial charge in [0.25, 0.3) is 0 Å². The molecule has 0 amide bonds. The highest BCUT2D eigenvalue weighted by Gasteiger charge is 2.08. The Kier molecular flexibility index (Phi) is 8.94. The molecule has 0 fully saturated rings. The van der Waals surface area contributed by atoms with Crippen molar-refractivity contribution >= 4 is 9.84 Å². The Morgan fingerprint density at radius 3 is 2.19 bits per heavy atom. The van der Waals surface area contributed by atoms with Crippen molar-refractivity contribution in [2.75, 3.05) is 11.5 Å². The molecular formula is C12H27NO2S. The highest BCUT2D eigenvalue weighted by Crippen LogP contribution is 2.08. The SMILES string of the molecule is CCCCCCC(N)CCCS(=O)(=O)CC. The van der Waals surface area contributed by atoms with E-state index in [9.17, 15) is 8.42 Å². The average Bonchev–Trinajstić information content (AvgIpc) is 2.24. The molecule has 0 aromatic heterocycles. The third-order valence-corrected chi connectivity index (χ3v) is 4.69. The van der Waals surface area contributed by atoms with Crippen LogP contribution in [0.15, 0.2) is 0 Å². The first kappa shape index (κ1) is 15.9. The Labute approximate surface area is 101 Å². The summed E-state index contributed by atoms with van der Waals surface area (Å²) in [6.45, 7) is 3.88. The van der Waals surface area contributed by atoms with Crippen molar-refractivity contribution in [2.45, 2.75) is 64.8 Å². The van der Waals surface area contributed by atoms with E-state index in [0.29, 0.717) is 12.2 Å². The maximum absolute atomic E-state index is 11.2. The van der Waals surface area contributed by atoms with E-state index in [2.05, 4.69) is 6.92 Å². The summed E-state index contributed by atoms with van der Waals surface area (Å²) in [6, 6.07) is 0.184. The van der Waals surface area contributed by atoms with E-state index in [1.165, 1.54) is 25.7 Å². The first-order valence-corrected chi connectivity index (χ1v) is 8.30. The first-order chi connectivity index (χ1) is 7.52. The van der Waals surface area contributed by atoms with Crippen LogP contribution in [0, 0.1) is 0 Å². The second kappa shape index (κ2) is 8.99. The van der Waals surface area contributed by atoms with Crippen LogP contribution in [0.4, 0.5) is 0 Å². The standard InChI is InChI=1S/C12H27NO2S/c1-3-5-6-7-9-12(13)10-8-11-16(14,15)4-2/h12H,3-11,13H2,1-2H3. The Morgan fingerprint density at radius 2 is 1.62 bits per heavy atom. The van der Waals surface area contributed by atoms with Gasteiger partial charge in [0.15, 0.2) is 0 Å². The minimum Gasteiger partial charge on any atom is -0.328 e. The molecule has 4 heteroatoms. The summed E-state index contributed by atoms with van der Waals surface area (Å²) in [6.07, 6.45) is 7.52. The van der Waals surface area contributed by atoms with Crippen molar-refractivity contribution < 1.29 is 8.42 Å². The van der Waals surface area contributed by atoms with E-state index in [1.54, 1.807) is 6.92 Å². The van der Waals surface area contributed by atoms with Gasteiger partial charge in [-0.2, -0.15) is 0 Å². The summed E-state index contributed by atoms with van der Waals surface area (Å²) >= 11 is 0. The molecule has 0 aliphatic carbocycles. The predicted octanol–water partition coefficient (Wildman–Crippen LogP) is 2.50. The van der Waals surface area contributed by atoms with E-state index in [1.807, 2.05) is 0 Å². The minimum atomic E-state index is -2.80. The lowest BCUT2D eigenvalue weighted by Gasteiger charge is -2.10. The maximum atomic E-state index is 11.2. The topological polar surface area (TPSA) is 60.2 Å². The molecular weight excluding hydrogens is 222 g/mol. The van der Waals surface area contributed by atoms with Gasteiger partial charge in [-0.1, -0.05) is 39.5 Å². The molecule has 0 aliphatic rings. The second-order valence-corrected chi connectivity index (χ2v) is 6.96. The lowest BCUT2D eigenvalue weighted by molar-refractivity contribution is 0.514. The minimum absolute atomic E-state index is 0.184. The molecule has 98 valence electrons. The quantitative estimate of drug-likeness (QED) is 0.605. The molecule has 0 spiro atoms. The van der Waals surface area contributed by atoms with Gasteiger partial charge in [-0.25, -0.2) is 8.42 Å². The van der Waals surface area contributed by atoms with E-state index < -0.39 is 9.84 Å². The lowest BCUT2D eigenvalue weighted by Crippen LogP contribution is -2.21. The number of sulfone groups is 1. The molecule has 0 rings (SSSR count). The molecule has 1 unspecified atom stereocenters. The fraction of sp³-hybridized carbons (Fsp3) is 1.00. The highest BCUT2D eigenvalue weighted by molar-refractivity contribution is 7.91. The van der Waals surface area contributed by atoms with Crippen molar-refractivity contribution in [1.29, 1.82) is 0 Å². The lowest BCUT2D eigenvalue weighted by atomic mass is 10.0. The molecule has 0 aromatic carbocycles. The fourth-order valence-electron chi connectivity index (χ4n) is 1.69. The van der Waals surface area contributed by atoms with Gasteiger partial charge >= 0.3 is 0 Å². The van der Waals surface area contributed by atoms with Crippen molar-refractivity contribution in [2.24, 2.45) is 5.73 Å². The summed E-state index contributed by atoms with van der Waals surface area (Å²) in [5.41, 5.74) is 5.93. The zero-order valence-corrected chi connectivity index (χ0v) is 11.6. The van der Waals surface area contributed by atoms with Crippen LogP contribution in [0.5, 0.6) is 0 Å². The van der Waals surface area contributed by atoms with Gasteiger partial charge in [0.2, 0.25) is 0 Å². The normalized spacial score (nSPS) is 13.9. The van der Waals surface area contributed by atoms with Gasteiger partial charge in [0.1, 0.15) is 9.84 Å². The van der Waals surface area contributed by atoms with Crippen LogP contribution >= 0.6 is 0 Å². The molecule has 0 bridgehead atoms. The zero-order chi connectivity index (χ0) is 12.4. The van der Waals surface area contributed by atoms with Crippen LogP contribution in [0.3, 0.4) is 0 Å². The summed E-state index contributed by atoms with van der Waals surface area (Å²) in [5, 5.41) is 0. The molecule has 1 atom stereocenters. The van der Waals surface area contributed by atoms with Crippen LogP contribution in [-0.2, 0) is 9.84 Å². The zero-order valence-electron chi connectivity index (χ0n) is 10.7. The predicted molar refractivity (Wildman–Crippen MR) is 70.3 cm³/mol. The molecule has 0 aromatic rings. The van der Waals surface area contributed by atoms with Crippen molar-refractivity contribution in [1.82, 2.24) is 0 Å². The van der Waals surface area contributed by atoms with Crippen molar-refractivity contribution in [3.8, 4) is 0 Å². The van der Waals surface area contributed by atoms with Crippen LogP contribution < -0.4 is 5.73 Å². The molecule has 2 N–H and O–H groups in total. The fourth-order valence-corrected chi connectivity index (χ4v) is 2.58. The molecule has 0 heterocycles. The third kappa shape index (κ3) is 9.16. The van der Waals surface area contributed by atoms with Gasteiger partial charge < -0.3 is 5.73 Å². The van der Waals surface area contributed by atoms with E-state index in [4.69, 9.17) is 5.73 Å². The van der Waals surface area contributed by atoms with Crippen LogP contribution in [0.2, 0.25) is 0 Å². The van der Waals surface area contributed by atoms with Gasteiger partial charge in [0, 0.05) is 11.8 Å². The number of rotatable bonds is 10. The first-order valence-electron chi connectivity index (χ1n) is 6.47. The van der Waals surface area contributed by atoms with Crippen LogP contribution in [-0.4, -0.2) is 26.0 Å². The summed E-state index contributed by atoms with van der Waals surface area (Å²) < 4.78 is 22.5. The third-order valence-electron chi connectivity index (χ3n) is 2.90. The summed E-state index contributed by atoms with van der Waals surface area (Å²) in [4.78, 5) is 0. The maximum Gasteiger partial charge on any atom is 0.150 e. The van der Waals surface area contributed by atoms with Crippen molar-refractivity contribution in [3.63, 3.8) is 0 Å². The average molecular weight is 249 g/mol. The molecule has 16 heavy (non-hydrogen) atoms. The summed E-state index contributed by atoms with van der Waals surface area (Å²) in [7, 11) is -2.80. The molecule has 3 nitrogen and oxygen atoms in total. The van der Waals surface area contributed by atoms with Crippen LogP contribution in [0.25, 0.3) is 0 Å². The molecule has 0 saturated heterocycles. The molecule has 0 radical (unpaired) electrons. The van der Waals surface area contributed by atoms with E-state index in [0.717, 1.165) is 12.8 Å². The Balaban J connectivity index is 3.47. The van der Waals surface area contributed by atoms with Crippen LogP contribution in [0.1, 0.15) is 58.8 Å². The molecule has 0 saturated carbocycles. The van der Waals surface area contributed by atoms with Gasteiger partial charge in [-0.15, -0.1) is 0 Å². The number of hydrogen-bond donors (Lipinski definition) is 1. The van der Waals surface area contributed by atoms with Gasteiger partial charge in [-0.05, 0) is 19.3 Å². The summed E-state index contributed by atoms with van der Waals surface area (Å²) in [5.74, 6) is 0.547. The second-order valence-electron chi connectivity index (χ2n) is 4.49. The largest absolute Gasteiger partial charge is 0.328 e. The number of hydrogen-bond acceptors (Lipinski definition) is 3. The number of nitrogens with two attached hydrogens (primary N) is 1. The van der Waals surface area contributed by atoms with E-state index in [-0.39, 0.29) is 11.8 Å². The Morgan fingerprint density at radius 1 is 1.00 bits per heavy atom. The monoisotopic (exact) mass is 249 g/mol. The Hall–Kier alpha value is -0.0900. The van der Waals surface area contributed by atoms with E-state index >= 15 is 0 Å². The van der Waals surface area contributed by atoms with Gasteiger partial charge in [0.05, 0.1) is 5.75 Å². The van der Waals surface area contributed by atoms with Gasteiger partial charge in [-0.3, -0.25) is 0 Å². The molecule has 0 aliphatic heterocycles. The Bertz CT molecular complexity index is 250. The van der Waals surface area contributed by atoms with Crippen molar-refractivity contribution in [3.05, 3.63) is 0 Å². The smallest absolute Gasteiger partial charge is 0.150 e. The number of unbranched alkanes of at least 4 members (excludes halogenated alkanes) is 3.